The Morgan fingerprint density at radius 1 is 1.31 bits per heavy atom. The van der Waals surface area contributed by atoms with Crippen molar-refractivity contribution in [2.24, 2.45) is 0 Å². The Balaban J connectivity index is 2.39. The number of hydrogen-bond acceptors (Lipinski definition) is 0. The summed E-state index contributed by atoms with van der Waals surface area (Å²) in [6.45, 7) is 6.69. The van der Waals surface area contributed by atoms with Gasteiger partial charge in [-0.2, -0.15) is 0 Å². The molecule has 0 heterocycles. The zero-order chi connectivity index (χ0) is 11.5. The maximum atomic E-state index is 2.37. The third-order valence-corrected chi connectivity index (χ3v) is 3.38. The highest BCUT2D eigenvalue weighted by atomic mass is 14.1. The topological polar surface area (TPSA) is 0 Å². The van der Waals surface area contributed by atoms with Gasteiger partial charge in [-0.3, -0.25) is 0 Å². The summed E-state index contributed by atoms with van der Waals surface area (Å²) in [5, 5.41) is 0. The zero-order valence-electron chi connectivity index (χ0n) is 10.5. The lowest BCUT2D eigenvalue weighted by Gasteiger charge is -2.16. The fraction of sp³-hybridized carbons (Fsp3) is 0.375. The second kappa shape index (κ2) is 4.69. The average molecular weight is 212 g/mol. The molecule has 1 aliphatic carbocycles. The summed E-state index contributed by atoms with van der Waals surface area (Å²) in [6, 6.07) is 6.89. The molecule has 0 radical (unpaired) electrons. The van der Waals surface area contributed by atoms with E-state index in [2.05, 4.69) is 51.1 Å². The van der Waals surface area contributed by atoms with Crippen molar-refractivity contribution >= 4 is 5.57 Å². The third-order valence-electron chi connectivity index (χ3n) is 3.38. The van der Waals surface area contributed by atoms with Gasteiger partial charge in [-0.05, 0) is 54.5 Å². The Labute approximate surface area is 98.7 Å². The summed E-state index contributed by atoms with van der Waals surface area (Å²) >= 11 is 0. The van der Waals surface area contributed by atoms with Crippen LogP contribution in [0.2, 0.25) is 0 Å². The van der Waals surface area contributed by atoms with Crippen LogP contribution in [0.1, 0.15) is 43.4 Å². The van der Waals surface area contributed by atoms with Gasteiger partial charge in [-0.25, -0.2) is 0 Å². The molecule has 2 rings (SSSR count). The van der Waals surface area contributed by atoms with E-state index in [0.29, 0.717) is 0 Å². The van der Waals surface area contributed by atoms with Crippen LogP contribution in [0.25, 0.3) is 5.57 Å². The minimum atomic E-state index is 1.14. The second-order valence-electron chi connectivity index (χ2n) is 4.66. The smallest absolute Gasteiger partial charge is 0.00915 e. The van der Waals surface area contributed by atoms with Crippen molar-refractivity contribution in [3.05, 3.63) is 52.6 Å². The van der Waals surface area contributed by atoms with Crippen molar-refractivity contribution in [3.8, 4) is 0 Å². The van der Waals surface area contributed by atoms with Gasteiger partial charge in [0.05, 0.1) is 0 Å². The van der Waals surface area contributed by atoms with Gasteiger partial charge in [0.15, 0.2) is 0 Å². The van der Waals surface area contributed by atoms with Crippen LogP contribution in [0.3, 0.4) is 0 Å². The van der Waals surface area contributed by atoms with Gasteiger partial charge in [0.1, 0.15) is 0 Å². The van der Waals surface area contributed by atoms with Gasteiger partial charge in [-0.15, -0.1) is 0 Å². The largest absolute Gasteiger partial charge is 0.0798 e. The van der Waals surface area contributed by atoms with E-state index in [0.717, 1.165) is 6.42 Å². The Kier molecular flexibility index (Phi) is 3.28. The first-order chi connectivity index (χ1) is 7.72. The maximum Gasteiger partial charge on any atom is -0.00915 e. The van der Waals surface area contributed by atoms with E-state index in [9.17, 15) is 0 Å². The molecule has 0 saturated heterocycles. The van der Waals surface area contributed by atoms with Gasteiger partial charge in [-0.1, -0.05) is 43.7 Å². The summed E-state index contributed by atoms with van der Waals surface area (Å²) in [6.07, 6.45) is 8.01. The lowest BCUT2D eigenvalue weighted by Crippen LogP contribution is -1.96. The fourth-order valence-corrected chi connectivity index (χ4v) is 2.20. The van der Waals surface area contributed by atoms with Crippen LogP contribution in [0.5, 0.6) is 0 Å². The minimum Gasteiger partial charge on any atom is -0.0798 e. The summed E-state index contributed by atoms with van der Waals surface area (Å²) in [4.78, 5) is 0. The molecule has 0 N–H and O–H groups in total. The maximum absolute atomic E-state index is 2.37. The predicted octanol–water partition coefficient (Wildman–Crippen LogP) is 4.68. The Morgan fingerprint density at radius 3 is 2.62 bits per heavy atom. The summed E-state index contributed by atoms with van der Waals surface area (Å²) in [5.74, 6) is 0. The molecule has 0 aliphatic heterocycles. The number of benzene rings is 1. The van der Waals surface area contributed by atoms with E-state index in [-0.39, 0.29) is 0 Å². The van der Waals surface area contributed by atoms with Crippen LogP contribution in [0, 0.1) is 6.92 Å². The molecular weight excluding hydrogens is 192 g/mol. The van der Waals surface area contributed by atoms with Gasteiger partial charge in [0.25, 0.3) is 0 Å². The molecule has 0 unspecified atom stereocenters. The molecule has 0 spiro atoms. The van der Waals surface area contributed by atoms with E-state index in [1.807, 2.05) is 0 Å². The van der Waals surface area contributed by atoms with E-state index in [1.54, 1.807) is 0 Å². The van der Waals surface area contributed by atoms with E-state index < -0.39 is 0 Å². The molecule has 16 heavy (non-hydrogen) atoms. The van der Waals surface area contributed by atoms with E-state index in [1.165, 1.54) is 40.7 Å². The molecular formula is C16H20. The monoisotopic (exact) mass is 212 g/mol. The van der Waals surface area contributed by atoms with Gasteiger partial charge in [0, 0.05) is 0 Å². The molecule has 84 valence electrons. The molecule has 1 aromatic rings. The molecule has 0 atom stereocenters. The van der Waals surface area contributed by atoms with E-state index >= 15 is 0 Å². The number of rotatable bonds is 3. The zero-order valence-corrected chi connectivity index (χ0v) is 10.5. The minimum absolute atomic E-state index is 1.14. The summed E-state index contributed by atoms with van der Waals surface area (Å²) < 4.78 is 0. The van der Waals surface area contributed by atoms with Gasteiger partial charge >= 0.3 is 0 Å². The van der Waals surface area contributed by atoms with Crippen LogP contribution in [-0.4, -0.2) is 0 Å². The SMILES string of the molecule is CCCc1ccc(C)c(C(C)=C2C=CC2)c1. The first-order valence-corrected chi connectivity index (χ1v) is 6.18. The van der Waals surface area contributed by atoms with E-state index in [4.69, 9.17) is 0 Å². The standard InChI is InChI=1S/C16H20/c1-4-6-14-10-9-12(2)16(11-14)13(3)15-7-5-8-15/h5,7,9-11H,4,6,8H2,1-3H3. The lowest BCUT2D eigenvalue weighted by atomic mass is 9.89. The van der Waals surface area contributed by atoms with Crippen molar-refractivity contribution in [2.75, 3.05) is 0 Å². The van der Waals surface area contributed by atoms with Crippen molar-refractivity contribution in [3.63, 3.8) is 0 Å². The molecule has 0 bridgehead atoms. The summed E-state index contributed by atoms with van der Waals surface area (Å²) in [5.41, 5.74) is 7.25. The molecule has 0 saturated carbocycles. The van der Waals surface area contributed by atoms with Crippen LogP contribution in [-0.2, 0) is 6.42 Å². The quantitative estimate of drug-likeness (QED) is 0.682. The summed E-state index contributed by atoms with van der Waals surface area (Å²) in [7, 11) is 0. The van der Waals surface area contributed by atoms with Crippen LogP contribution < -0.4 is 0 Å². The lowest BCUT2D eigenvalue weighted by molar-refractivity contribution is 0.920. The molecule has 1 aliphatic rings. The van der Waals surface area contributed by atoms with Crippen LogP contribution >= 0.6 is 0 Å². The highest BCUT2D eigenvalue weighted by Crippen LogP contribution is 2.29. The van der Waals surface area contributed by atoms with Crippen molar-refractivity contribution < 1.29 is 0 Å². The predicted molar refractivity (Wildman–Crippen MR) is 71.5 cm³/mol. The number of allylic oxidation sites excluding steroid dienone is 4. The molecule has 0 aromatic heterocycles. The highest BCUT2D eigenvalue weighted by molar-refractivity contribution is 5.73. The number of aryl methyl sites for hydroxylation is 2. The molecule has 0 heteroatoms. The normalized spacial score (nSPS) is 17.2. The highest BCUT2D eigenvalue weighted by Gasteiger charge is 2.09. The second-order valence-corrected chi connectivity index (χ2v) is 4.66. The first kappa shape index (κ1) is 11.2. The number of hydrogen-bond donors (Lipinski definition) is 0. The van der Waals surface area contributed by atoms with Gasteiger partial charge in [0.2, 0.25) is 0 Å². The average Bonchev–Trinajstić information content (AvgIpc) is 2.18. The van der Waals surface area contributed by atoms with Crippen molar-refractivity contribution in [1.82, 2.24) is 0 Å². The Morgan fingerprint density at radius 2 is 2.06 bits per heavy atom. The Bertz CT molecular complexity index is 447. The Hall–Kier alpha value is -1.30. The van der Waals surface area contributed by atoms with Crippen molar-refractivity contribution in [2.45, 2.75) is 40.0 Å². The van der Waals surface area contributed by atoms with Gasteiger partial charge < -0.3 is 0 Å². The molecule has 0 amide bonds. The van der Waals surface area contributed by atoms with Crippen LogP contribution in [0.4, 0.5) is 0 Å². The first-order valence-electron chi connectivity index (χ1n) is 6.18. The third kappa shape index (κ3) is 2.11. The van der Waals surface area contributed by atoms with Crippen LogP contribution in [0.15, 0.2) is 35.9 Å². The molecule has 0 fully saturated rings. The molecule has 0 nitrogen and oxygen atoms in total. The fourth-order valence-electron chi connectivity index (χ4n) is 2.20. The van der Waals surface area contributed by atoms with Crippen molar-refractivity contribution in [1.29, 1.82) is 0 Å². The molecule has 1 aromatic carbocycles.